The Bertz CT molecular complexity index is 613. The van der Waals surface area contributed by atoms with Gasteiger partial charge in [0.05, 0.1) is 0 Å². The zero-order valence-corrected chi connectivity index (χ0v) is 11.8. The number of nitrogens with zero attached hydrogens (tertiary/aromatic N) is 4. The van der Waals surface area contributed by atoms with Crippen molar-refractivity contribution >= 4 is 17.3 Å². The summed E-state index contributed by atoms with van der Waals surface area (Å²) >= 11 is 0. The molecule has 0 unspecified atom stereocenters. The summed E-state index contributed by atoms with van der Waals surface area (Å²) in [5.74, 6) is 1.73. The molecule has 1 N–H and O–H groups in total. The average molecular weight is 267 g/mol. The van der Waals surface area contributed by atoms with Crippen molar-refractivity contribution < 1.29 is 0 Å². The molecule has 0 aliphatic rings. The second kappa shape index (κ2) is 6.02. The van der Waals surface area contributed by atoms with Crippen LogP contribution in [0.3, 0.4) is 0 Å². The fourth-order valence-electron chi connectivity index (χ4n) is 1.87. The highest BCUT2D eigenvalue weighted by atomic mass is 15.2. The fraction of sp³-hybridized carbons (Fsp3) is 0.267. The van der Waals surface area contributed by atoms with Gasteiger partial charge in [-0.3, -0.25) is 5.32 Å². The van der Waals surface area contributed by atoms with Crippen molar-refractivity contribution in [2.75, 3.05) is 17.3 Å². The van der Waals surface area contributed by atoms with Gasteiger partial charge in [0.2, 0.25) is 0 Å². The lowest BCUT2D eigenvalue weighted by Crippen LogP contribution is -2.11. The van der Waals surface area contributed by atoms with Gasteiger partial charge in [0, 0.05) is 18.8 Å². The Morgan fingerprint density at radius 2 is 1.90 bits per heavy atom. The van der Waals surface area contributed by atoms with E-state index in [0.29, 0.717) is 11.7 Å². The molecule has 0 radical (unpaired) electrons. The fourth-order valence-corrected chi connectivity index (χ4v) is 1.87. The second-order valence-electron chi connectivity index (χ2n) is 4.80. The lowest BCUT2D eigenvalue weighted by atomic mass is 10.0. The molecule has 0 bridgehead atoms. The van der Waals surface area contributed by atoms with Crippen molar-refractivity contribution in [2.45, 2.75) is 19.8 Å². The van der Waals surface area contributed by atoms with Gasteiger partial charge in [-0.2, -0.15) is 5.26 Å². The molecule has 1 aromatic heterocycles. The van der Waals surface area contributed by atoms with E-state index in [0.717, 1.165) is 11.5 Å². The maximum atomic E-state index is 8.61. The summed E-state index contributed by atoms with van der Waals surface area (Å²) in [5.41, 5.74) is 2.34. The number of hydrogen-bond donors (Lipinski definition) is 1. The lowest BCUT2D eigenvalue weighted by molar-refractivity contribution is 0.866. The van der Waals surface area contributed by atoms with E-state index in [1.165, 1.54) is 11.9 Å². The van der Waals surface area contributed by atoms with Gasteiger partial charge in [-0.25, -0.2) is 9.97 Å². The number of nitriles is 1. The number of benzene rings is 1. The quantitative estimate of drug-likeness (QED) is 0.680. The molecule has 1 heterocycles. The zero-order valence-electron chi connectivity index (χ0n) is 11.8. The van der Waals surface area contributed by atoms with Crippen LogP contribution in [-0.2, 0) is 0 Å². The molecule has 0 saturated heterocycles. The van der Waals surface area contributed by atoms with Gasteiger partial charge in [0.1, 0.15) is 18.0 Å². The van der Waals surface area contributed by atoms with E-state index in [4.69, 9.17) is 5.26 Å². The summed E-state index contributed by atoms with van der Waals surface area (Å²) in [4.78, 5) is 10.1. The van der Waals surface area contributed by atoms with Crippen LogP contribution in [0.4, 0.5) is 17.3 Å². The second-order valence-corrected chi connectivity index (χ2v) is 4.80. The zero-order chi connectivity index (χ0) is 14.5. The van der Waals surface area contributed by atoms with Gasteiger partial charge < -0.3 is 4.90 Å². The normalized spacial score (nSPS) is 10.2. The first-order chi connectivity index (χ1) is 9.61. The monoisotopic (exact) mass is 267 g/mol. The van der Waals surface area contributed by atoms with E-state index < -0.39 is 0 Å². The SMILES string of the molecule is CC(C)c1ccc(N(C)c2cc(NC#N)ncn2)cc1. The predicted octanol–water partition coefficient (Wildman–Crippen LogP) is 3.26. The molecule has 102 valence electrons. The Labute approximate surface area is 118 Å². The minimum Gasteiger partial charge on any atom is -0.329 e. The van der Waals surface area contributed by atoms with Gasteiger partial charge in [-0.15, -0.1) is 0 Å². The average Bonchev–Trinajstić information content (AvgIpc) is 2.47. The molecule has 5 heteroatoms. The lowest BCUT2D eigenvalue weighted by Gasteiger charge is -2.19. The van der Waals surface area contributed by atoms with Gasteiger partial charge >= 0.3 is 0 Å². The molecule has 0 aliphatic heterocycles. The molecular formula is C15H17N5. The molecule has 0 atom stereocenters. The van der Waals surface area contributed by atoms with Gasteiger partial charge in [-0.05, 0) is 23.6 Å². The first-order valence-corrected chi connectivity index (χ1v) is 6.42. The molecule has 2 rings (SSSR count). The third-order valence-electron chi connectivity index (χ3n) is 3.13. The first kappa shape index (κ1) is 13.8. The van der Waals surface area contributed by atoms with Crippen LogP contribution in [0.25, 0.3) is 0 Å². The molecule has 0 fully saturated rings. The van der Waals surface area contributed by atoms with E-state index in [9.17, 15) is 0 Å². The Morgan fingerprint density at radius 3 is 2.50 bits per heavy atom. The summed E-state index contributed by atoms with van der Waals surface area (Å²) in [5, 5.41) is 11.1. The summed E-state index contributed by atoms with van der Waals surface area (Å²) in [6.07, 6.45) is 3.29. The van der Waals surface area contributed by atoms with Crippen molar-refractivity contribution in [3.63, 3.8) is 0 Å². The predicted molar refractivity (Wildman–Crippen MR) is 79.9 cm³/mol. The van der Waals surface area contributed by atoms with E-state index in [-0.39, 0.29) is 0 Å². The molecule has 2 aromatic rings. The molecule has 0 spiro atoms. The Balaban J connectivity index is 2.24. The number of rotatable bonds is 4. The topological polar surface area (TPSA) is 64.8 Å². The third kappa shape index (κ3) is 3.04. The van der Waals surface area contributed by atoms with Crippen LogP contribution >= 0.6 is 0 Å². The highest BCUT2D eigenvalue weighted by Gasteiger charge is 2.07. The van der Waals surface area contributed by atoms with Crippen molar-refractivity contribution in [3.8, 4) is 6.19 Å². The number of hydrogen-bond acceptors (Lipinski definition) is 5. The van der Waals surface area contributed by atoms with E-state index in [1.807, 2.05) is 18.1 Å². The largest absolute Gasteiger partial charge is 0.329 e. The van der Waals surface area contributed by atoms with Crippen LogP contribution in [0.2, 0.25) is 0 Å². The van der Waals surface area contributed by atoms with Crippen molar-refractivity contribution in [1.82, 2.24) is 9.97 Å². The summed E-state index contributed by atoms with van der Waals surface area (Å²) in [7, 11) is 1.93. The van der Waals surface area contributed by atoms with Crippen molar-refractivity contribution in [3.05, 3.63) is 42.2 Å². The standard InChI is InChI=1S/C15H17N5/c1-11(2)12-4-6-13(7-5-12)20(3)15-8-14(17-9-16)18-10-19-15/h4-8,10-11H,1-3H3,(H,17,18,19). The number of nitrogens with one attached hydrogen (secondary N) is 1. The number of anilines is 3. The molecule has 0 saturated carbocycles. The highest BCUT2D eigenvalue weighted by Crippen LogP contribution is 2.24. The van der Waals surface area contributed by atoms with E-state index in [2.05, 4.69) is 53.4 Å². The van der Waals surface area contributed by atoms with Crippen LogP contribution in [0, 0.1) is 11.5 Å². The van der Waals surface area contributed by atoms with Crippen LogP contribution in [0.1, 0.15) is 25.3 Å². The van der Waals surface area contributed by atoms with Crippen LogP contribution in [0.15, 0.2) is 36.7 Å². The molecule has 0 amide bonds. The van der Waals surface area contributed by atoms with Crippen LogP contribution in [-0.4, -0.2) is 17.0 Å². The first-order valence-electron chi connectivity index (χ1n) is 6.42. The molecule has 1 aromatic carbocycles. The van der Waals surface area contributed by atoms with E-state index >= 15 is 0 Å². The highest BCUT2D eigenvalue weighted by molar-refractivity contribution is 5.62. The Hall–Kier alpha value is -2.61. The minimum absolute atomic E-state index is 0.489. The summed E-state index contributed by atoms with van der Waals surface area (Å²) < 4.78 is 0. The van der Waals surface area contributed by atoms with Crippen molar-refractivity contribution in [1.29, 1.82) is 5.26 Å². The third-order valence-corrected chi connectivity index (χ3v) is 3.13. The maximum Gasteiger partial charge on any atom is 0.182 e. The summed E-state index contributed by atoms with van der Waals surface area (Å²) in [6, 6.07) is 10.1. The summed E-state index contributed by atoms with van der Waals surface area (Å²) in [6.45, 7) is 4.34. The molecular weight excluding hydrogens is 250 g/mol. The maximum absolute atomic E-state index is 8.61. The van der Waals surface area contributed by atoms with Crippen LogP contribution in [0.5, 0.6) is 0 Å². The molecule has 5 nitrogen and oxygen atoms in total. The Kier molecular flexibility index (Phi) is 4.16. The van der Waals surface area contributed by atoms with Crippen LogP contribution < -0.4 is 10.2 Å². The van der Waals surface area contributed by atoms with Crippen molar-refractivity contribution in [2.24, 2.45) is 0 Å². The smallest absolute Gasteiger partial charge is 0.182 e. The minimum atomic E-state index is 0.489. The van der Waals surface area contributed by atoms with E-state index in [1.54, 1.807) is 6.07 Å². The van der Waals surface area contributed by atoms with Gasteiger partial charge in [0.15, 0.2) is 6.19 Å². The van der Waals surface area contributed by atoms with Gasteiger partial charge in [-0.1, -0.05) is 26.0 Å². The Morgan fingerprint density at radius 1 is 1.20 bits per heavy atom. The number of aromatic nitrogens is 2. The molecule has 0 aliphatic carbocycles. The van der Waals surface area contributed by atoms with Gasteiger partial charge in [0.25, 0.3) is 0 Å². The molecule has 20 heavy (non-hydrogen) atoms.